The van der Waals surface area contributed by atoms with Crippen LogP contribution in [0.2, 0.25) is 0 Å². The topological polar surface area (TPSA) is 3.24 Å². The summed E-state index contributed by atoms with van der Waals surface area (Å²) in [7, 11) is 0. The minimum Gasteiger partial charge on any atom is -0.292 e. The average Bonchev–Trinajstić information content (AvgIpc) is 2.40. The van der Waals surface area contributed by atoms with Gasteiger partial charge < -0.3 is 0 Å². The predicted octanol–water partition coefficient (Wildman–Crippen LogP) is 3.96. The summed E-state index contributed by atoms with van der Waals surface area (Å²) < 4.78 is 0. The lowest BCUT2D eigenvalue weighted by molar-refractivity contribution is 0.0790. The van der Waals surface area contributed by atoms with E-state index in [0.29, 0.717) is 6.04 Å². The van der Waals surface area contributed by atoms with Gasteiger partial charge in [-0.25, -0.2) is 0 Å². The van der Waals surface area contributed by atoms with E-state index < -0.39 is 0 Å². The van der Waals surface area contributed by atoms with Crippen LogP contribution in [0.5, 0.6) is 0 Å². The van der Waals surface area contributed by atoms with E-state index in [-0.39, 0.29) is 0 Å². The Morgan fingerprint density at radius 2 is 1.89 bits per heavy atom. The van der Waals surface area contributed by atoms with Crippen LogP contribution < -0.4 is 0 Å². The molecule has 1 heterocycles. The molecule has 0 N–H and O–H groups in total. The van der Waals surface area contributed by atoms with E-state index in [2.05, 4.69) is 60.4 Å². The van der Waals surface area contributed by atoms with Crippen molar-refractivity contribution in [3.8, 4) is 0 Å². The molecule has 0 spiro atoms. The Morgan fingerprint density at radius 1 is 1.11 bits per heavy atom. The Kier molecular flexibility index (Phi) is 3.33. The van der Waals surface area contributed by atoms with Crippen molar-refractivity contribution in [1.82, 2.24) is 4.90 Å². The molecule has 1 fully saturated rings. The van der Waals surface area contributed by atoms with Crippen LogP contribution in [0.4, 0.5) is 0 Å². The summed E-state index contributed by atoms with van der Waals surface area (Å²) in [5.74, 6) is 0.851. The number of nitrogens with zero attached hydrogens (tertiary/aromatic N) is 1. The van der Waals surface area contributed by atoms with E-state index in [1.165, 1.54) is 37.1 Å². The Morgan fingerprint density at radius 3 is 2.50 bits per heavy atom. The molecular weight excluding hydrogens is 218 g/mol. The van der Waals surface area contributed by atoms with Crippen molar-refractivity contribution in [2.75, 3.05) is 13.1 Å². The van der Waals surface area contributed by atoms with Crippen molar-refractivity contribution in [2.45, 2.75) is 25.8 Å². The minimum atomic E-state index is 0.471. The summed E-state index contributed by atoms with van der Waals surface area (Å²) in [6.07, 6.45) is 9.44. The second-order valence-corrected chi connectivity index (χ2v) is 5.56. The quantitative estimate of drug-likeness (QED) is 0.772. The molecule has 1 nitrogen and oxygen atoms in total. The maximum Gasteiger partial charge on any atom is 0.0598 e. The summed E-state index contributed by atoms with van der Waals surface area (Å²) in [6, 6.07) is 11.4. The monoisotopic (exact) mass is 239 g/mol. The molecule has 1 aromatic carbocycles. The zero-order chi connectivity index (χ0) is 12.4. The highest BCUT2D eigenvalue weighted by Crippen LogP contribution is 2.36. The lowest BCUT2D eigenvalue weighted by atomic mass is 9.89. The predicted molar refractivity (Wildman–Crippen MR) is 76.4 cm³/mol. The van der Waals surface area contributed by atoms with E-state index in [1.807, 2.05) is 0 Å². The van der Waals surface area contributed by atoms with Gasteiger partial charge in [-0.1, -0.05) is 55.5 Å². The van der Waals surface area contributed by atoms with Gasteiger partial charge in [-0.2, -0.15) is 0 Å². The fraction of sp³-hybridized carbons (Fsp3) is 0.412. The second-order valence-electron chi connectivity index (χ2n) is 5.56. The molecule has 1 aromatic rings. The van der Waals surface area contributed by atoms with Crippen molar-refractivity contribution in [3.05, 3.63) is 59.7 Å². The van der Waals surface area contributed by atoms with Crippen LogP contribution in [0.1, 0.15) is 31.4 Å². The number of benzene rings is 1. The second kappa shape index (κ2) is 5.11. The summed E-state index contributed by atoms with van der Waals surface area (Å²) in [5, 5.41) is 0. The molecule has 0 radical (unpaired) electrons. The standard InChI is InChI=1S/C17H21N/c1-14-12-18(13-14)17(15-8-4-2-5-9-15)16-10-6-3-7-11-16/h2,4-6,8-11,14,17H,3,7,12-13H2,1H3. The van der Waals surface area contributed by atoms with E-state index in [1.54, 1.807) is 0 Å². The summed E-state index contributed by atoms with van der Waals surface area (Å²) in [6.45, 7) is 4.79. The first-order valence-electron chi connectivity index (χ1n) is 7.00. The third-order valence-corrected chi connectivity index (χ3v) is 3.91. The first kappa shape index (κ1) is 11.7. The van der Waals surface area contributed by atoms with Crippen LogP contribution in [-0.2, 0) is 0 Å². The summed E-state index contributed by atoms with van der Waals surface area (Å²) >= 11 is 0. The molecule has 1 saturated heterocycles. The Balaban J connectivity index is 1.89. The number of hydrogen-bond donors (Lipinski definition) is 0. The zero-order valence-electron chi connectivity index (χ0n) is 11.0. The van der Waals surface area contributed by atoms with Gasteiger partial charge in [0.1, 0.15) is 0 Å². The third kappa shape index (κ3) is 2.28. The molecule has 1 atom stereocenters. The number of hydrogen-bond acceptors (Lipinski definition) is 1. The number of rotatable bonds is 3. The molecule has 2 aliphatic rings. The fourth-order valence-corrected chi connectivity index (χ4v) is 3.04. The van der Waals surface area contributed by atoms with Crippen LogP contribution in [0.25, 0.3) is 0 Å². The first-order valence-corrected chi connectivity index (χ1v) is 7.00. The number of allylic oxidation sites excluding steroid dienone is 2. The molecule has 0 amide bonds. The van der Waals surface area contributed by atoms with Crippen LogP contribution in [0.3, 0.4) is 0 Å². The molecule has 1 heteroatoms. The van der Waals surface area contributed by atoms with E-state index in [9.17, 15) is 0 Å². The summed E-state index contributed by atoms with van der Waals surface area (Å²) in [5.41, 5.74) is 2.92. The molecule has 18 heavy (non-hydrogen) atoms. The Labute approximate surface area is 110 Å². The molecule has 3 rings (SSSR count). The van der Waals surface area contributed by atoms with Crippen molar-refractivity contribution < 1.29 is 0 Å². The molecular formula is C17H21N. The first-order chi connectivity index (χ1) is 8.84. The zero-order valence-corrected chi connectivity index (χ0v) is 11.0. The molecule has 1 aliphatic heterocycles. The van der Waals surface area contributed by atoms with Gasteiger partial charge in [-0.3, -0.25) is 4.90 Å². The van der Waals surface area contributed by atoms with Crippen molar-refractivity contribution in [1.29, 1.82) is 0 Å². The highest BCUT2D eigenvalue weighted by molar-refractivity contribution is 5.36. The summed E-state index contributed by atoms with van der Waals surface area (Å²) in [4.78, 5) is 2.60. The fourth-order valence-electron chi connectivity index (χ4n) is 3.04. The number of likely N-dealkylation sites (tertiary alicyclic amines) is 1. The highest BCUT2D eigenvalue weighted by atomic mass is 15.2. The molecule has 0 bridgehead atoms. The lowest BCUT2D eigenvalue weighted by Crippen LogP contribution is -2.47. The van der Waals surface area contributed by atoms with Crippen LogP contribution in [0.15, 0.2) is 54.1 Å². The Bertz CT molecular complexity index is 452. The molecule has 94 valence electrons. The van der Waals surface area contributed by atoms with Crippen molar-refractivity contribution in [3.63, 3.8) is 0 Å². The van der Waals surface area contributed by atoms with Gasteiger partial charge in [0, 0.05) is 13.1 Å². The average molecular weight is 239 g/mol. The van der Waals surface area contributed by atoms with Crippen molar-refractivity contribution in [2.24, 2.45) is 5.92 Å². The lowest BCUT2D eigenvalue weighted by Gasteiger charge is -2.44. The maximum absolute atomic E-state index is 2.60. The van der Waals surface area contributed by atoms with Gasteiger partial charge in [0.05, 0.1) is 6.04 Å². The molecule has 1 aliphatic carbocycles. The van der Waals surface area contributed by atoms with E-state index >= 15 is 0 Å². The Hall–Kier alpha value is -1.34. The van der Waals surface area contributed by atoms with E-state index in [4.69, 9.17) is 0 Å². The maximum atomic E-state index is 2.60. The smallest absolute Gasteiger partial charge is 0.0598 e. The largest absolute Gasteiger partial charge is 0.292 e. The van der Waals surface area contributed by atoms with E-state index in [0.717, 1.165) is 5.92 Å². The van der Waals surface area contributed by atoms with Crippen molar-refractivity contribution >= 4 is 0 Å². The van der Waals surface area contributed by atoms with Gasteiger partial charge in [-0.15, -0.1) is 0 Å². The van der Waals surface area contributed by atoms with Crippen LogP contribution in [-0.4, -0.2) is 18.0 Å². The minimum absolute atomic E-state index is 0.471. The molecule has 1 unspecified atom stereocenters. The van der Waals surface area contributed by atoms with Crippen LogP contribution >= 0.6 is 0 Å². The SMILES string of the molecule is CC1CN(C(C2=CCCC=C2)c2ccccc2)C1. The van der Waals surface area contributed by atoms with Gasteiger partial charge in [0.2, 0.25) is 0 Å². The van der Waals surface area contributed by atoms with Gasteiger partial charge in [0.25, 0.3) is 0 Å². The van der Waals surface area contributed by atoms with Gasteiger partial charge in [-0.05, 0) is 29.9 Å². The van der Waals surface area contributed by atoms with Crippen LogP contribution in [0, 0.1) is 5.92 Å². The molecule has 0 saturated carbocycles. The van der Waals surface area contributed by atoms with Gasteiger partial charge >= 0.3 is 0 Å². The third-order valence-electron chi connectivity index (χ3n) is 3.91. The molecule has 0 aromatic heterocycles. The van der Waals surface area contributed by atoms with Gasteiger partial charge in [0.15, 0.2) is 0 Å². The normalized spacial score (nSPS) is 22.4. The highest BCUT2D eigenvalue weighted by Gasteiger charge is 2.31.